The van der Waals surface area contributed by atoms with Gasteiger partial charge in [-0.05, 0) is 55.5 Å². The number of hydrogen-bond donors (Lipinski definition) is 1. The Kier molecular flexibility index (Phi) is 9.12. The zero-order chi connectivity index (χ0) is 21.9. The second kappa shape index (κ2) is 11.8. The molecule has 0 aliphatic rings. The number of nitrogens with zero attached hydrogens (tertiary/aromatic N) is 1. The lowest BCUT2D eigenvalue weighted by Gasteiger charge is -2.23. The van der Waals surface area contributed by atoms with E-state index in [4.69, 9.17) is 14.6 Å². The zero-order valence-corrected chi connectivity index (χ0v) is 17.4. The fraction of sp³-hybridized carbons (Fsp3) is 0.391. The molecule has 2 rings (SSSR count). The molecule has 2 aromatic carbocycles. The molecule has 2 aromatic rings. The Hall–Kier alpha value is -3.09. The van der Waals surface area contributed by atoms with Gasteiger partial charge in [0.1, 0.15) is 17.3 Å². The summed E-state index contributed by atoms with van der Waals surface area (Å²) in [7, 11) is 3.05. The van der Waals surface area contributed by atoms with Crippen LogP contribution in [-0.2, 0) is 11.2 Å². The van der Waals surface area contributed by atoms with Gasteiger partial charge in [0, 0.05) is 31.1 Å². The van der Waals surface area contributed by atoms with Crippen LogP contribution in [0.3, 0.4) is 0 Å². The van der Waals surface area contributed by atoms with E-state index >= 15 is 0 Å². The molecule has 0 atom stereocenters. The second-order valence-electron chi connectivity index (χ2n) is 6.97. The van der Waals surface area contributed by atoms with Gasteiger partial charge in [0.15, 0.2) is 0 Å². The highest BCUT2D eigenvalue weighted by Gasteiger charge is 2.18. The van der Waals surface area contributed by atoms with Gasteiger partial charge in [-0.2, -0.15) is 0 Å². The van der Waals surface area contributed by atoms with Crippen LogP contribution in [0.1, 0.15) is 41.6 Å². The fourth-order valence-electron chi connectivity index (χ4n) is 3.13. The topological polar surface area (TPSA) is 76.1 Å². The molecule has 0 aliphatic heterocycles. The average Bonchev–Trinajstić information content (AvgIpc) is 2.75. The normalized spacial score (nSPS) is 10.5. The summed E-state index contributed by atoms with van der Waals surface area (Å²) >= 11 is 0. The van der Waals surface area contributed by atoms with Crippen LogP contribution in [0.4, 0.5) is 4.39 Å². The van der Waals surface area contributed by atoms with E-state index in [9.17, 15) is 14.0 Å². The van der Waals surface area contributed by atoms with Crippen molar-refractivity contribution in [2.75, 3.05) is 27.3 Å². The molecule has 0 unspecified atom stereocenters. The molecular weight excluding hydrogens is 389 g/mol. The molecule has 1 N–H and O–H groups in total. The Morgan fingerprint density at radius 1 is 0.933 bits per heavy atom. The van der Waals surface area contributed by atoms with Crippen molar-refractivity contribution >= 4 is 11.9 Å². The number of carbonyl (C=O) groups is 2. The quantitative estimate of drug-likeness (QED) is 0.525. The highest BCUT2D eigenvalue weighted by Crippen LogP contribution is 2.24. The van der Waals surface area contributed by atoms with Crippen LogP contribution in [0.2, 0.25) is 0 Å². The third kappa shape index (κ3) is 7.39. The first kappa shape index (κ1) is 23.2. The Morgan fingerprint density at radius 2 is 1.53 bits per heavy atom. The highest BCUT2D eigenvalue weighted by molar-refractivity contribution is 5.95. The first-order valence-corrected chi connectivity index (χ1v) is 9.91. The average molecular weight is 417 g/mol. The van der Waals surface area contributed by atoms with Gasteiger partial charge in [0.2, 0.25) is 0 Å². The molecule has 0 saturated carbocycles. The monoisotopic (exact) mass is 417 g/mol. The lowest BCUT2D eigenvalue weighted by molar-refractivity contribution is -0.137. The number of halogens is 1. The van der Waals surface area contributed by atoms with Crippen molar-refractivity contribution in [3.63, 3.8) is 0 Å². The molecule has 30 heavy (non-hydrogen) atoms. The van der Waals surface area contributed by atoms with Crippen molar-refractivity contribution in [2.24, 2.45) is 0 Å². The van der Waals surface area contributed by atoms with Crippen molar-refractivity contribution in [3.8, 4) is 11.5 Å². The summed E-state index contributed by atoms with van der Waals surface area (Å²) in [6.45, 7) is 0.956. The van der Waals surface area contributed by atoms with E-state index in [2.05, 4.69) is 0 Å². The number of rotatable bonds is 12. The standard InChI is InChI=1S/C23H28FNO5/c1-29-20-14-18(15-21(16-20)30-2)23(28)25(12-4-3-7-22(26)27)13-5-6-17-8-10-19(24)11-9-17/h8-11,14-16H,3-7,12-13H2,1-2H3,(H,26,27). The van der Waals surface area contributed by atoms with Crippen LogP contribution in [-0.4, -0.2) is 49.2 Å². The minimum absolute atomic E-state index is 0.0740. The smallest absolute Gasteiger partial charge is 0.303 e. The van der Waals surface area contributed by atoms with Crippen molar-refractivity contribution in [1.29, 1.82) is 0 Å². The van der Waals surface area contributed by atoms with E-state index in [0.29, 0.717) is 55.8 Å². The molecular formula is C23H28FNO5. The van der Waals surface area contributed by atoms with Crippen LogP contribution in [0.25, 0.3) is 0 Å². The number of ether oxygens (including phenoxy) is 2. The highest BCUT2D eigenvalue weighted by atomic mass is 19.1. The molecule has 162 valence electrons. The van der Waals surface area contributed by atoms with Gasteiger partial charge in [-0.1, -0.05) is 12.1 Å². The predicted molar refractivity (Wildman–Crippen MR) is 112 cm³/mol. The fourth-order valence-corrected chi connectivity index (χ4v) is 3.13. The number of methoxy groups -OCH3 is 2. The molecule has 0 saturated heterocycles. The summed E-state index contributed by atoms with van der Waals surface area (Å²) in [6, 6.07) is 11.3. The maximum absolute atomic E-state index is 13.1. The number of hydrogen-bond acceptors (Lipinski definition) is 4. The van der Waals surface area contributed by atoms with Crippen molar-refractivity contribution in [1.82, 2.24) is 4.90 Å². The summed E-state index contributed by atoms with van der Waals surface area (Å²) in [4.78, 5) is 25.6. The molecule has 0 aliphatic carbocycles. The van der Waals surface area contributed by atoms with Crippen LogP contribution < -0.4 is 9.47 Å². The number of carboxylic acids is 1. The molecule has 6 nitrogen and oxygen atoms in total. The first-order valence-electron chi connectivity index (χ1n) is 9.91. The Labute approximate surface area is 176 Å². The van der Waals surface area contributed by atoms with E-state index in [1.807, 2.05) is 0 Å². The van der Waals surface area contributed by atoms with E-state index in [1.165, 1.54) is 26.4 Å². The first-order chi connectivity index (χ1) is 14.4. The van der Waals surface area contributed by atoms with Gasteiger partial charge >= 0.3 is 5.97 Å². The zero-order valence-electron chi connectivity index (χ0n) is 17.4. The lowest BCUT2D eigenvalue weighted by atomic mass is 10.1. The minimum atomic E-state index is -0.846. The summed E-state index contributed by atoms with van der Waals surface area (Å²) in [6.07, 6.45) is 2.58. The largest absolute Gasteiger partial charge is 0.497 e. The SMILES string of the molecule is COc1cc(OC)cc(C(=O)N(CCCCC(=O)O)CCCc2ccc(F)cc2)c1. The van der Waals surface area contributed by atoms with Crippen molar-refractivity contribution < 1.29 is 28.6 Å². The van der Waals surface area contributed by atoms with E-state index in [1.54, 1.807) is 35.2 Å². The van der Waals surface area contributed by atoms with Gasteiger partial charge in [-0.25, -0.2) is 4.39 Å². The van der Waals surface area contributed by atoms with Gasteiger partial charge in [-0.15, -0.1) is 0 Å². The van der Waals surface area contributed by atoms with Crippen LogP contribution in [0.15, 0.2) is 42.5 Å². The molecule has 0 heterocycles. The van der Waals surface area contributed by atoms with E-state index in [0.717, 1.165) is 5.56 Å². The molecule has 1 amide bonds. The van der Waals surface area contributed by atoms with Gasteiger partial charge in [-0.3, -0.25) is 9.59 Å². The van der Waals surface area contributed by atoms with Gasteiger partial charge in [0.05, 0.1) is 14.2 Å². The van der Waals surface area contributed by atoms with Gasteiger partial charge in [0.25, 0.3) is 5.91 Å². The number of unbranched alkanes of at least 4 members (excludes halogenated alkanes) is 1. The number of carbonyl (C=O) groups excluding carboxylic acids is 1. The Morgan fingerprint density at radius 3 is 2.10 bits per heavy atom. The maximum Gasteiger partial charge on any atom is 0.303 e. The van der Waals surface area contributed by atoms with Crippen LogP contribution in [0.5, 0.6) is 11.5 Å². The minimum Gasteiger partial charge on any atom is -0.497 e. The Bertz CT molecular complexity index is 816. The predicted octanol–water partition coefficient (Wildman–Crippen LogP) is 4.17. The summed E-state index contributed by atoms with van der Waals surface area (Å²) < 4.78 is 23.6. The number of benzene rings is 2. The number of carboxylic acid groups (broad SMARTS) is 1. The molecule has 0 aromatic heterocycles. The van der Waals surface area contributed by atoms with Crippen LogP contribution in [0, 0.1) is 5.82 Å². The third-order valence-corrected chi connectivity index (χ3v) is 4.76. The molecule has 0 fully saturated rings. The molecule has 0 spiro atoms. The Balaban J connectivity index is 2.07. The lowest BCUT2D eigenvalue weighted by Crippen LogP contribution is -2.33. The maximum atomic E-state index is 13.1. The van der Waals surface area contributed by atoms with Gasteiger partial charge < -0.3 is 19.5 Å². The molecule has 0 bridgehead atoms. The molecule has 0 radical (unpaired) electrons. The van der Waals surface area contributed by atoms with Crippen LogP contribution >= 0.6 is 0 Å². The summed E-state index contributed by atoms with van der Waals surface area (Å²) in [5.74, 6) is -0.242. The van der Waals surface area contributed by atoms with Crippen molar-refractivity contribution in [2.45, 2.75) is 32.1 Å². The summed E-state index contributed by atoms with van der Waals surface area (Å²) in [5.41, 5.74) is 1.45. The van der Waals surface area contributed by atoms with Crippen molar-refractivity contribution in [3.05, 3.63) is 59.4 Å². The molecule has 7 heteroatoms. The van der Waals surface area contributed by atoms with E-state index in [-0.39, 0.29) is 18.1 Å². The number of aliphatic carboxylic acids is 1. The number of aryl methyl sites for hydroxylation is 1. The summed E-state index contributed by atoms with van der Waals surface area (Å²) in [5, 5.41) is 8.83. The second-order valence-corrected chi connectivity index (χ2v) is 6.97. The van der Waals surface area contributed by atoms with E-state index < -0.39 is 5.97 Å². The third-order valence-electron chi connectivity index (χ3n) is 4.76. The number of amides is 1.